The third-order valence-electron chi connectivity index (χ3n) is 3.47. The van der Waals surface area contributed by atoms with Gasteiger partial charge in [-0.15, -0.1) is 0 Å². The zero-order valence-corrected chi connectivity index (χ0v) is 14.6. The zero-order valence-electron chi connectivity index (χ0n) is 12.2. The molecule has 110 valence electrons. The standard InChI is InChI=1S/C17H19BrN2S/c1-3-12(2)13-8-10-14(11-9-13)19-17(21)20-16-7-5-4-6-15(16)18/h4-12H,3H2,1-2H3,(H2,19,20,21). The van der Waals surface area contributed by atoms with Crippen molar-refractivity contribution in [3.8, 4) is 0 Å². The average Bonchev–Trinajstić information content (AvgIpc) is 2.49. The van der Waals surface area contributed by atoms with Gasteiger partial charge in [0.25, 0.3) is 0 Å². The molecule has 0 amide bonds. The maximum Gasteiger partial charge on any atom is 0.175 e. The van der Waals surface area contributed by atoms with Crippen LogP contribution < -0.4 is 10.6 Å². The molecule has 1 atom stereocenters. The van der Waals surface area contributed by atoms with Gasteiger partial charge >= 0.3 is 0 Å². The molecule has 0 aliphatic heterocycles. The number of thiocarbonyl (C=S) groups is 1. The van der Waals surface area contributed by atoms with Crippen LogP contribution in [0, 0.1) is 0 Å². The Balaban J connectivity index is 1.98. The Labute approximate surface area is 140 Å². The Kier molecular flexibility index (Phi) is 5.76. The Morgan fingerprint density at radius 3 is 2.38 bits per heavy atom. The predicted molar refractivity (Wildman–Crippen MR) is 99.1 cm³/mol. The molecule has 21 heavy (non-hydrogen) atoms. The van der Waals surface area contributed by atoms with Crippen LogP contribution in [0.1, 0.15) is 31.7 Å². The molecule has 0 saturated carbocycles. The Bertz CT molecular complexity index is 610. The van der Waals surface area contributed by atoms with Crippen LogP contribution in [0.2, 0.25) is 0 Å². The molecule has 0 bridgehead atoms. The van der Waals surface area contributed by atoms with Gasteiger partial charge in [0.05, 0.1) is 5.69 Å². The predicted octanol–water partition coefficient (Wildman–Crippen LogP) is 5.77. The second-order valence-electron chi connectivity index (χ2n) is 4.99. The highest BCUT2D eigenvalue weighted by molar-refractivity contribution is 9.10. The first kappa shape index (κ1) is 16.0. The molecule has 0 aliphatic carbocycles. The molecule has 0 aliphatic rings. The van der Waals surface area contributed by atoms with Crippen molar-refractivity contribution >= 4 is 44.6 Å². The van der Waals surface area contributed by atoms with Gasteiger partial charge in [-0.3, -0.25) is 0 Å². The van der Waals surface area contributed by atoms with Gasteiger partial charge in [0, 0.05) is 10.2 Å². The Hall–Kier alpha value is -1.39. The number of nitrogens with one attached hydrogen (secondary N) is 2. The van der Waals surface area contributed by atoms with Gasteiger partial charge in [-0.25, -0.2) is 0 Å². The quantitative estimate of drug-likeness (QED) is 0.674. The van der Waals surface area contributed by atoms with Crippen LogP contribution in [-0.2, 0) is 0 Å². The first-order chi connectivity index (χ1) is 10.1. The number of hydrogen-bond donors (Lipinski definition) is 2. The number of hydrogen-bond acceptors (Lipinski definition) is 1. The van der Waals surface area contributed by atoms with Crippen molar-refractivity contribution < 1.29 is 0 Å². The maximum absolute atomic E-state index is 5.34. The smallest absolute Gasteiger partial charge is 0.175 e. The van der Waals surface area contributed by atoms with Crippen molar-refractivity contribution in [3.63, 3.8) is 0 Å². The van der Waals surface area contributed by atoms with E-state index in [1.54, 1.807) is 0 Å². The molecule has 2 nitrogen and oxygen atoms in total. The van der Waals surface area contributed by atoms with Gasteiger partial charge in [-0.05, 0) is 70.3 Å². The van der Waals surface area contributed by atoms with Crippen LogP contribution >= 0.6 is 28.1 Å². The van der Waals surface area contributed by atoms with E-state index in [9.17, 15) is 0 Å². The van der Waals surface area contributed by atoms with Crippen LogP contribution in [0.5, 0.6) is 0 Å². The fourth-order valence-corrected chi connectivity index (χ4v) is 2.59. The van der Waals surface area contributed by atoms with Gasteiger partial charge in [0.15, 0.2) is 5.11 Å². The Morgan fingerprint density at radius 1 is 1.10 bits per heavy atom. The van der Waals surface area contributed by atoms with Gasteiger partial charge < -0.3 is 10.6 Å². The highest BCUT2D eigenvalue weighted by Crippen LogP contribution is 2.22. The summed E-state index contributed by atoms with van der Waals surface area (Å²) in [4.78, 5) is 0. The summed E-state index contributed by atoms with van der Waals surface area (Å²) in [6.45, 7) is 4.44. The molecule has 0 spiro atoms. The molecular weight excluding hydrogens is 344 g/mol. The van der Waals surface area contributed by atoms with Gasteiger partial charge in [0.2, 0.25) is 0 Å². The number of benzene rings is 2. The van der Waals surface area contributed by atoms with Crippen LogP contribution in [0.3, 0.4) is 0 Å². The van der Waals surface area contributed by atoms with E-state index in [1.165, 1.54) is 5.56 Å². The first-order valence-electron chi connectivity index (χ1n) is 7.02. The van der Waals surface area contributed by atoms with Crippen molar-refractivity contribution in [2.75, 3.05) is 10.6 Å². The topological polar surface area (TPSA) is 24.1 Å². The zero-order chi connectivity index (χ0) is 15.2. The van der Waals surface area contributed by atoms with E-state index in [0.29, 0.717) is 11.0 Å². The van der Waals surface area contributed by atoms with E-state index >= 15 is 0 Å². The normalized spacial score (nSPS) is 11.8. The third-order valence-corrected chi connectivity index (χ3v) is 4.37. The Morgan fingerprint density at radius 2 is 1.76 bits per heavy atom. The minimum atomic E-state index is 0.582. The lowest BCUT2D eigenvalue weighted by Crippen LogP contribution is -2.19. The molecule has 2 aromatic rings. The van der Waals surface area contributed by atoms with Crippen LogP contribution in [0.4, 0.5) is 11.4 Å². The van der Waals surface area contributed by atoms with Crippen LogP contribution in [0.25, 0.3) is 0 Å². The summed E-state index contributed by atoms with van der Waals surface area (Å²) in [5, 5.41) is 6.96. The second kappa shape index (κ2) is 7.57. The minimum absolute atomic E-state index is 0.582. The molecule has 1 unspecified atom stereocenters. The second-order valence-corrected chi connectivity index (χ2v) is 6.25. The summed E-state index contributed by atoms with van der Waals surface area (Å²) in [5.41, 5.74) is 3.30. The monoisotopic (exact) mass is 362 g/mol. The van der Waals surface area contributed by atoms with Crippen molar-refractivity contribution in [1.82, 2.24) is 0 Å². The van der Waals surface area contributed by atoms with Gasteiger partial charge in [-0.2, -0.15) is 0 Å². The summed E-state index contributed by atoms with van der Waals surface area (Å²) < 4.78 is 0.987. The van der Waals surface area contributed by atoms with Gasteiger partial charge in [0.1, 0.15) is 0 Å². The van der Waals surface area contributed by atoms with E-state index < -0.39 is 0 Å². The highest BCUT2D eigenvalue weighted by Gasteiger charge is 2.04. The SMILES string of the molecule is CCC(C)c1ccc(NC(=S)Nc2ccccc2Br)cc1. The summed E-state index contributed by atoms with van der Waals surface area (Å²) in [6.07, 6.45) is 1.15. The summed E-state index contributed by atoms with van der Waals surface area (Å²) in [6, 6.07) is 16.3. The van der Waals surface area contributed by atoms with Crippen LogP contribution in [0.15, 0.2) is 53.0 Å². The fraction of sp³-hybridized carbons (Fsp3) is 0.235. The van der Waals surface area contributed by atoms with E-state index in [1.807, 2.05) is 24.3 Å². The summed E-state index contributed by atoms with van der Waals surface area (Å²) >= 11 is 8.84. The lowest BCUT2D eigenvalue weighted by atomic mass is 9.99. The largest absolute Gasteiger partial charge is 0.332 e. The third kappa shape index (κ3) is 4.55. The molecule has 4 heteroatoms. The van der Waals surface area contributed by atoms with Gasteiger partial charge in [-0.1, -0.05) is 38.1 Å². The summed E-state index contributed by atoms with van der Waals surface area (Å²) in [7, 11) is 0. The van der Waals surface area contributed by atoms with E-state index in [-0.39, 0.29) is 0 Å². The number of para-hydroxylation sites is 1. The molecule has 2 N–H and O–H groups in total. The lowest BCUT2D eigenvalue weighted by molar-refractivity contribution is 0.734. The van der Waals surface area contributed by atoms with Crippen molar-refractivity contribution in [2.24, 2.45) is 0 Å². The number of rotatable bonds is 4. The lowest BCUT2D eigenvalue weighted by Gasteiger charge is -2.13. The average molecular weight is 363 g/mol. The molecule has 0 heterocycles. The number of halogens is 1. The van der Waals surface area contributed by atoms with E-state index in [4.69, 9.17) is 12.2 Å². The number of anilines is 2. The fourth-order valence-electron chi connectivity index (χ4n) is 1.98. The molecule has 0 radical (unpaired) electrons. The van der Waals surface area contributed by atoms with E-state index in [2.05, 4.69) is 64.7 Å². The van der Waals surface area contributed by atoms with E-state index in [0.717, 1.165) is 22.3 Å². The molecule has 0 saturated heterocycles. The molecule has 0 aromatic heterocycles. The van der Waals surface area contributed by atoms with Crippen molar-refractivity contribution in [2.45, 2.75) is 26.2 Å². The summed E-state index contributed by atoms with van der Waals surface area (Å²) in [5.74, 6) is 0.587. The molecule has 2 aromatic carbocycles. The molecule has 0 fully saturated rings. The highest BCUT2D eigenvalue weighted by atomic mass is 79.9. The molecular formula is C17H19BrN2S. The van der Waals surface area contributed by atoms with Crippen molar-refractivity contribution in [3.05, 3.63) is 58.6 Å². The minimum Gasteiger partial charge on any atom is -0.332 e. The molecule has 2 rings (SSSR count). The maximum atomic E-state index is 5.34. The first-order valence-corrected chi connectivity index (χ1v) is 8.22. The van der Waals surface area contributed by atoms with Crippen LogP contribution in [-0.4, -0.2) is 5.11 Å². The van der Waals surface area contributed by atoms with Crippen molar-refractivity contribution in [1.29, 1.82) is 0 Å².